The molecule has 0 unspecified atom stereocenters. The van der Waals surface area contributed by atoms with Crippen LogP contribution in [0.15, 0.2) is 36.4 Å². The molecule has 184 valence electrons. The number of anilines is 2. The molecule has 3 aromatic rings. The molecule has 1 aromatic heterocycles. The van der Waals surface area contributed by atoms with E-state index in [0.29, 0.717) is 6.42 Å². The summed E-state index contributed by atoms with van der Waals surface area (Å²) in [7, 11) is 0. The predicted molar refractivity (Wildman–Crippen MR) is 141 cm³/mol. The van der Waals surface area contributed by atoms with Crippen molar-refractivity contribution in [3.05, 3.63) is 42.0 Å². The minimum atomic E-state index is 0.161. The number of amides is 1. The second kappa shape index (κ2) is 8.65. The van der Waals surface area contributed by atoms with Crippen LogP contribution < -0.4 is 10.2 Å². The average Bonchev–Trinajstić information content (AvgIpc) is 3.22. The van der Waals surface area contributed by atoms with Gasteiger partial charge in [0, 0.05) is 30.9 Å². The first kappa shape index (κ1) is 22.6. The van der Waals surface area contributed by atoms with Gasteiger partial charge in [-0.2, -0.15) is 4.80 Å². The van der Waals surface area contributed by atoms with Gasteiger partial charge < -0.3 is 10.2 Å². The highest BCUT2D eigenvalue weighted by atomic mass is 16.1. The number of nitrogens with zero attached hydrogens (tertiary/aromatic N) is 4. The van der Waals surface area contributed by atoms with E-state index in [1.807, 2.05) is 19.1 Å². The lowest BCUT2D eigenvalue weighted by atomic mass is 9.49. The van der Waals surface area contributed by atoms with Gasteiger partial charge in [-0.3, -0.25) is 4.79 Å². The van der Waals surface area contributed by atoms with Crippen molar-refractivity contribution >= 4 is 28.3 Å². The summed E-state index contributed by atoms with van der Waals surface area (Å²) in [6.45, 7) is 8.34. The second-order valence-corrected chi connectivity index (χ2v) is 11.5. The van der Waals surface area contributed by atoms with Gasteiger partial charge in [0.1, 0.15) is 11.0 Å². The number of benzene rings is 2. The van der Waals surface area contributed by atoms with Crippen LogP contribution in [0.25, 0.3) is 16.7 Å². The smallest absolute Gasteiger partial charge is 0.224 e. The largest absolute Gasteiger partial charge is 0.372 e. The zero-order valence-electron chi connectivity index (χ0n) is 21.3. The first-order valence-corrected chi connectivity index (χ1v) is 13.5. The van der Waals surface area contributed by atoms with Crippen LogP contribution in [0.3, 0.4) is 0 Å². The maximum atomic E-state index is 13.2. The third-order valence-electron chi connectivity index (χ3n) is 8.91. The van der Waals surface area contributed by atoms with Crippen LogP contribution in [-0.4, -0.2) is 34.0 Å². The Balaban J connectivity index is 1.19. The fourth-order valence-corrected chi connectivity index (χ4v) is 7.75. The molecule has 0 aliphatic heterocycles. The van der Waals surface area contributed by atoms with E-state index in [1.54, 1.807) is 4.80 Å². The Labute approximate surface area is 208 Å². The molecule has 6 nitrogen and oxygen atoms in total. The van der Waals surface area contributed by atoms with Crippen molar-refractivity contribution in [2.45, 2.75) is 65.7 Å². The highest BCUT2D eigenvalue weighted by Crippen LogP contribution is 2.61. The first-order chi connectivity index (χ1) is 16.9. The fourth-order valence-electron chi connectivity index (χ4n) is 7.75. The molecule has 35 heavy (non-hydrogen) atoms. The van der Waals surface area contributed by atoms with E-state index in [-0.39, 0.29) is 11.3 Å². The summed E-state index contributed by atoms with van der Waals surface area (Å²) in [5.74, 6) is 2.75. The summed E-state index contributed by atoms with van der Waals surface area (Å²) in [5.41, 5.74) is 5.91. The normalized spacial score (nSPS) is 26.9. The molecule has 4 bridgehead atoms. The lowest BCUT2D eigenvalue weighted by Gasteiger charge is -2.56. The van der Waals surface area contributed by atoms with E-state index in [4.69, 9.17) is 10.2 Å². The number of aromatic nitrogens is 3. The van der Waals surface area contributed by atoms with E-state index in [2.05, 4.69) is 48.3 Å². The van der Waals surface area contributed by atoms with E-state index >= 15 is 0 Å². The van der Waals surface area contributed by atoms with Gasteiger partial charge in [0.2, 0.25) is 5.91 Å². The van der Waals surface area contributed by atoms with E-state index < -0.39 is 0 Å². The minimum absolute atomic E-state index is 0.161. The Bertz CT molecular complexity index is 1200. The number of fused-ring (bicyclic) bond motifs is 1. The van der Waals surface area contributed by atoms with Gasteiger partial charge >= 0.3 is 0 Å². The predicted octanol–water partition coefficient (Wildman–Crippen LogP) is 6.12. The van der Waals surface area contributed by atoms with Gasteiger partial charge in [0.25, 0.3) is 0 Å². The Morgan fingerprint density at radius 3 is 2.11 bits per heavy atom. The maximum absolute atomic E-state index is 13.2. The zero-order chi connectivity index (χ0) is 24.2. The van der Waals surface area contributed by atoms with Crippen LogP contribution in [-0.2, 0) is 4.79 Å². The van der Waals surface area contributed by atoms with Crippen molar-refractivity contribution in [2.24, 2.45) is 23.2 Å². The number of aryl methyl sites for hydroxylation is 1. The topological polar surface area (TPSA) is 63.1 Å². The molecule has 0 atom stereocenters. The van der Waals surface area contributed by atoms with Crippen LogP contribution in [0.2, 0.25) is 0 Å². The van der Waals surface area contributed by atoms with Gasteiger partial charge in [-0.05, 0) is 124 Å². The molecule has 4 aliphatic rings. The SMILES string of the molecule is CCN(CC)c1ccc(-n2nc3cc(C)c(NC(=O)CC45CC6CC(CC(C6)C4)C5)cc3n2)cc1. The molecule has 2 aromatic carbocycles. The van der Waals surface area contributed by atoms with Gasteiger partial charge in [-0.15, -0.1) is 10.2 Å². The zero-order valence-corrected chi connectivity index (χ0v) is 21.3. The van der Waals surface area contributed by atoms with Gasteiger partial charge in [0.15, 0.2) is 0 Å². The minimum Gasteiger partial charge on any atom is -0.372 e. The van der Waals surface area contributed by atoms with Crippen molar-refractivity contribution in [3.63, 3.8) is 0 Å². The van der Waals surface area contributed by atoms with Gasteiger partial charge in [-0.1, -0.05) is 0 Å². The number of rotatable bonds is 7. The Morgan fingerprint density at radius 1 is 0.971 bits per heavy atom. The molecule has 0 spiro atoms. The molecular weight excluding hydrogens is 434 g/mol. The third-order valence-corrected chi connectivity index (χ3v) is 8.91. The van der Waals surface area contributed by atoms with Crippen LogP contribution in [0.4, 0.5) is 11.4 Å². The van der Waals surface area contributed by atoms with Crippen molar-refractivity contribution in [3.8, 4) is 5.69 Å². The summed E-state index contributed by atoms with van der Waals surface area (Å²) in [6, 6.07) is 12.4. The Kier molecular flexibility index (Phi) is 5.58. The van der Waals surface area contributed by atoms with Crippen LogP contribution >= 0.6 is 0 Å². The Morgan fingerprint density at radius 2 is 1.54 bits per heavy atom. The summed E-state index contributed by atoms with van der Waals surface area (Å²) in [4.78, 5) is 17.2. The summed E-state index contributed by atoms with van der Waals surface area (Å²) in [6.07, 6.45) is 8.66. The summed E-state index contributed by atoms with van der Waals surface area (Å²) in [5, 5.41) is 12.7. The lowest BCUT2D eigenvalue weighted by Crippen LogP contribution is -2.47. The van der Waals surface area contributed by atoms with E-state index in [1.165, 1.54) is 44.2 Å². The Hall–Kier alpha value is -2.89. The van der Waals surface area contributed by atoms with Crippen molar-refractivity contribution in [1.82, 2.24) is 15.0 Å². The molecule has 4 fully saturated rings. The summed E-state index contributed by atoms with van der Waals surface area (Å²) < 4.78 is 0. The van der Waals surface area contributed by atoms with E-state index in [9.17, 15) is 4.79 Å². The molecule has 0 radical (unpaired) electrons. The molecule has 1 amide bonds. The van der Waals surface area contributed by atoms with Gasteiger partial charge in [0.05, 0.1) is 5.69 Å². The number of nitrogens with one attached hydrogen (secondary N) is 1. The second-order valence-electron chi connectivity index (χ2n) is 11.5. The van der Waals surface area contributed by atoms with Crippen molar-refractivity contribution < 1.29 is 4.79 Å². The molecule has 1 heterocycles. The molecule has 1 N–H and O–H groups in total. The van der Waals surface area contributed by atoms with Crippen LogP contribution in [0.1, 0.15) is 64.4 Å². The number of hydrogen-bond donors (Lipinski definition) is 1. The maximum Gasteiger partial charge on any atom is 0.224 e. The number of carbonyl (C=O) groups excluding carboxylic acids is 1. The van der Waals surface area contributed by atoms with Gasteiger partial charge in [-0.25, -0.2) is 0 Å². The van der Waals surface area contributed by atoms with E-state index in [0.717, 1.165) is 58.8 Å². The third kappa shape index (κ3) is 4.21. The quantitative estimate of drug-likeness (QED) is 0.451. The summed E-state index contributed by atoms with van der Waals surface area (Å²) >= 11 is 0. The van der Waals surface area contributed by atoms with Crippen molar-refractivity contribution in [2.75, 3.05) is 23.3 Å². The lowest BCUT2D eigenvalue weighted by molar-refractivity contribution is -0.124. The molecular formula is C29H37N5O. The molecule has 4 saturated carbocycles. The monoisotopic (exact) mass is 471 g/mol. The standard InChI is InChI=1S/C29H37N5O/c1-4-33(5-2)23-6-8-24(9-7-23)34-31-26-10-19(3)25(14-27(26)32-34)30-28(35)18-29-15-20-11-21(16-29)13-22(12-20)17-29/h6-10,14,20-22H,4-5,11-13,15-18H2,1-3H3,(H,30,35). The molecule has 0 saturated heterocycles. The van der Waals surface area contributed by atoms with Crippen molar-refractivity contribution in [1.29, 1.82) is 0 Å². The molecule has 4 aliphatic carbocycles. The first-order valence-electron chi connectivity index (χ1n) is 13.5. The van der Waals surface area contributed by atoms with Crippen LogP contribution in [0.5, 0.6) is 0 Å². The number of hydrogen-bond acceptors (Lipinski definition) is 4. The highest BCUT2D eigenvalue weighted by Gasteiger charge is 2.51. The fraction of sp³-hybridized carbons (Fsp3) is 0.552. The van der Waals surface area contributed by atoms with Crippen LogP contribution in [0, 0.1) is 30.1 Å². The highest BCUT2D eigenvalue weighted by molar-refractivity contribution is 5.94. The molecule has 6 heteroatoms. The average molecular weight is 472 g/mol. The molecule has 7 rings (SSSR count). The number of carbonyl (C=O) groups is 1.